The van der Waals surface area contributed by atoms with Crippen molar-refractivity contribution < 1.29 is 9.59 Å². The first-order valence-electron chi connectivity index (χ1n) is 11.8. The third-order valence-electron chi connectivity index (χ3n) is 6.34. The number of aryl methyl sites for hydroxylation is 1. The van der Waals surface area contributed by atoms with Crippen LogP contribution < -0.4 is 10.2 Å². The number of benzene rings is 2. The molecule has 0 bridgehead atoms. The highest BCUT2D eigenvalue weighted by Gasteiger charge is 2.25. The average molecular weight is 473 g/mol. The number of para-hydroxylation sites is 2. The maximum absolute atomic E-state index is 13.7. The normalized spacial score (nSPS) is 14.3. The number of carbonyl (C=O) groups excluding carboxylic acids is 2. The summed E-state index contributed by atoms with van der Waals surface area (Å²) < 4.78 is 1.88. The van der Waals surface area contributed by atoms with Gasteiger partial charge in [-0.1, -0.05) is 55.7 Å². The summed E-state index contributed by atoms with van der Waals surface area (Å²) >= 11 is 1.41. The molecule has 2 aromatic heterocycles. The summed E-state index contributed by atoms with van der Waals surface area (Å²) in [6.07, 6.45) is 5.54. The Morgan fingerprint density at radius 1 is 1.03 bits per heavy atom. The molecule has 6 nitrogen and oxygen atoms in total. The molecule has 7 heteroatoms. The van der Waals surface area contributed by atoms with E-state index in [9.17, 15) is 9.59 Å². The largest absolute Gasteiger partial charge is 0.352 e. The van der Waals surface area contributed by atoms with Crippen molar-refractivity contribution in [2.45, 2.75) is 45.1 Å². The molecular weight excluding hydrogens is 444 g/mol. The van der Waals surface area contributed by atoms with E-state index in [4.69, 9.17) is 0 Å². The van der Waals surface area contributed by atoms with E-state index in [0.29, 0.717) is 10.6 Å². The molecule has 0 aliphatic heterocycles. The molecule has 1 aliphatic carbocycles. The number of nitrogens with zero attached hydrogens (tertiary/aromatic N) is 3. The van der Waals surface area contributed by atoms with Crippen LogP contribution in [-0.2, 0) is 4.79 Å². The zero-order valence-electron chi connectivity index (χ0n) is 19.2. The predicted molar refractivity (Wildman–Crippen MR) is 137 cm³/mol. The van der Waals surface area contributed by atoms with Gasteiger partial charge in [0.1, 0.15) is 11.4 Å². The first-order chi connectivity index (χ1) is 16.6. The van der Waals surface area contributed by atoms with Crippen molar-refractivity contribution in [1.82, 2.24) is 15.1 Å². The van der Waals surface area contributed by atoms with Gasteiger partial charge in [0.15, 0.2) is 0 Å². The van der Waals surface area contributed by atoms with Gasteiger partial charge in [-0.2, -0.15) is 5.10 Å². The summed E-state index contributed by atoms with van der Waals surface area (Å²) in [6, 6.07) is 21.4. The highest BCUT2D eigenvalue weighted by Crippen LogP contribution is 2.32. The van der Waals surface area contributed by atoms with Gasteiger partial charge < -0.3 is 5.32 Å². The lowest BCUT2D eigenvalue weighted by molar-refractivity contribution is -0.120. The number of hydrogen-bond donors (Lipinski definition) is 1. The molecule has 34 heavy (non-hydrogen) atoms. The summed E-state index contributed by atoms with van der Waals surface area (Å²) in [5, 5.41) is 8.77. The van der Waals surface area contributed by atoms with E-state index >= 15 is 0 Å². The van der Waals surface area contributed by atoms with Crippen LogP contribution in [-0.4, -0.2) is 34.2 Å². The van der Waals surface area contributed by atoms with Crippen molar-refractivity contribution in [1.29, 1.82) is 0 Å². The fourth-order valence-corrected chi connectivity index (χ4v) is 5.71. The second kappa shape index (κ2) is 9.81. The lowest BCUT2D eigenvalue weighted by atomic mass is 9.95. The first-order valence-corrected chi connectivity index (χ1v) is 12.6. The monoisotopic (exact) mass is 472 g/mol. The SMILES string of the molecule is Cc1nn(-c2ccccc2)c2sc(C(=O)N(CC(=O)NC3CCCCC3)c3ccccc3)cc12. The molecule has 2 amide bonds. The Labute approximate surface area is 203 Å². The second-order valence-corrected chi connectivity index (χ2v) is 9.82. The minimum absolute atomic E-state index is 0.00259. The molecule has 2 heterocycles. The Hall–Kier alpha value is -3.45. The summed E-state index contributed by atoms with van der Waals surface area (Å²) in [4.78, 5) is 29.8. The van der Waals surface area contributed by atoms with E-state index in [2.05, 4.69) is 10.4 Å². The Kier molecular flexibility index (Phi) is 6.45. The van der Waals surface area contributed by atoms with Gasteiger partial charge in [0.25, 0.3) is 5.91 Å². The van der Waals surface area contributed by atoms with Gasteiger partial charge in [0, 0.05) is 17.1 Å². The van der Waals surface area contributed by atoms with E-state index in [1.807, 2.05) is 78.3 Å². The molecule has 1 aliphatic rings. The smallest absolute Gasteiger partial charge is 0.268 e. The lowest BCUT2D eigenvalue weighted by Gasteiger charge is -2.26. The number of aromatic nitrogens is 2. The third kappa shape index (κ3) is 4.61. The predicted octanol–water partition coefficient (Wildman–Crippen LogP) is 5.49. The number of nitrogens with one attached hydrogen (secondary N) is 1. The molecule has 0 spiro atoms. The lowest BCUT2D eigenvalue weighted by Crippen LogP contribution is -2.44. The van der Waals surface area contributed by atoms with Crippen LogP contribution in [0.2, 0.25) is 0 Å². The van der Waals surface area contributed by atoms with E-state index < -0.39 is 0 Å². The van der Waals surface area contributed by atoms with Crippen molar-refractivity contribution in [2.24, 2.45) is 0 Å². The van der Waals surface area contributed by atoms with Crippen LogP contribution in [0.3, 0.4) is 0 Å². The third-order valence-corrected chi connectivity index (χ3v) is 7.44. The molecule has 5 rings (SSSR count). The van der Waals surface area contributed by atoms with Gasteiger partial charge in [0.2, 0.25) is 5.91 Å². The molecule has 1 fully saturated rings. The minimum Gasteiger partial charge on any atom is -0.352 e. The van der Waals surface area contributed by atoms with Crippen LogP contribution in [0.5, 0.6) is 0 Å². The molecule has 1 N–H and O–H groups in total. The highest BCUT2D eigenvalue weighted by molar-refractivity contribution is 7.20. The van der Waals surface area contributed by atoms with E-state index in [0.717, 1.165) is 47.3 Å². The molecule has 0 atom stereocenters. The van der Waals surface area contributed by atoms with Crippen LogP contribution in [0.4, 0.5) is 5.69 Å². The Bertz CT molecular complexity index is 1290. The van der Waals surface area contributed by atoms with Gasteiger partial charge in [-0.3, -0.25) is 14.5 Å². The molecular formula is C27H28N4O2S. The quantitative estimate of drug-likeness (QED) is 0.403. The molecule has 2 aromatic carbocycles. The van der Waals surface area contributed by atoms with Crippen LogP contribution in [0.1, 0.15) is 47.5 Å². The zero-order chi connectivity index (χ0) is 23.5. The van der Waals surface area contributed by atoms with Gasteiger partial charge in [-0.05, 0) is 50.1 Å². The average Bonchev–Trinajstić information content (AvgIpc) is 3.44. The summed E-state index contributed by atoms with van der Waals surface area (Å²) in [6.45, 7) is 1.95. The van der Waals surface area contributed by atoms with Gasteiger partial charge >= 0.3 is 0 Å². The minimum atomic E-state index is -0.176. The zero-order valence-corrected chi connectivity index (χ0v) is 20.1. The van der Waals surface area contributed by atoms with Gasteiger partial charge in [0.05, 0.1) is 16.3 Å². The highest BCUT2D eigenvalue weighted by atomic mass is 32.1. The molecule has 1 saturated carbocycles. The number of carbonyl (C=O) groups is 2. The van der Waals surface area contributed by atoms with Crippen LogP contribution in [0, 0.1) is 6.92 Å². The fraction of sp³-hybridized carbons (Fsp3) is 0.296. The second-order valence-electron chi connectivity index (χ2n) is 8.79. The van der Waals surface area contributed by atoms with Crippen LogP contribution >= 0.6 is 11.3 Å². The van der Waals surface area contributed by atoms with Gasteiger partial charge in [-0.25, -0.2) is 4.68 Å². The van der Waals surface area contributed by atoms with Gasteiger partial charge in [-0.15, -0.1) is 11.3 Å². The molecule has 0 saturated heterocycles. The number of anilines is 1. The van der Waals surface area contributed by atoms with E-state index in [1.165, 1.54) is 17.8 Å². The molecule has 4 aromatic rings. The summed E-state index contributed by atoms with van der Waals surface area (Å²) in [5.41, 5.74) is 2.54. The topological polar surface area (TPSA) is 67.2 Å². The Balaban J connectivity index is 1.44. The maximum atomic E-state index is 13.7. The van der Waals surface area contributed by atoms with E-state index in [-0.39, 0.29) is 24.4 Å². The number of thiophene rings is 1. The Morgan fingerprint density at radius 3 is 2.41 bits per heavy atom. The summed E-state index contributed by atoms with van der Waals surface area (Å²) in [7, 11) is 0. The van der Waals surface area contributed by atoms with Crippen molar-refractivity contribution in [3.8, 4) is 5.69 Å². The summed E-state index contributed by atoms with van der Waals surface area (Å²) in [5.74, 6) is -0.290. The standard InChI is InChI=1S/C27H28N4O2S/c1-19-23-17-24(34-27(23)31(29-19)22-15-9-4-10-16-22)26(33)30(21-13-7-3-8-14-21)18-25(32)28-20-11-5-2-6-12-20/h3-4,7-10,13-17,20H,2,5-6,11-12,18H2,1H3,(H,28,32). The number of fused-ring (bicyclic) bond motifs is 1. The van der Waals surface area contributed by atoms with Crippen LogP contribution in [0.25, 0.3) is 15.9 Å². The van der Waals surface area contributed by atoms with Crippen molar-refractivity contribution in [2.75, 3.05) is 11.4 Å². The van der Waals surface area contributed by atoms with Crippen molar-refractivity contribution in [3.63, 3.8) is 0 Å². The fourth-order valence-electron chi connectivity index (χ4n) is 4.58. The number of rotatable bonds is 6. The van der Waals surface area contributed by atoms with Crippen molar-refractivity contribution in [3.05, 3.63) is 77.3 Å². The first kappa shape index (κ1) is 22.3. The molecule has 174 valence electrons. The van der Waals surface area contributed by atoms with Crippen molar-refractivity contribution >= 4 is 39.1 Å². The molecule has 0 unspecified atom stereocenters. The van der Waals surface area contributed by atoms with E-state index in [1.54, 1.807) is 4.90 Å². The number of hydrogen-bond acceptors (Lipinski definition) is 4. The van der Waals surface area contributed by atoms with Crippen LogP contribution in [0.15, 0.2) is 66.7 Å². The Morgan fingerprint density at radius 2 is 1.71 bits per heavy atom. The maximum Gasteiger partial charge on any atom is 0.268 e. The number of amides is 2. The molecule has 0 radical (unpaired) electrons.